The fourth-order valence-electron chi connectivity index (χ4n) is 2.38. The molecule has 0 bridgehead atoms. The van der Waals surface area contributed by atoms with Crippen molar-refractivity contribution in [1.29, 1.82) is 0 Å². The maximum atomic E-state index is 12.2. The molecule has 0 aromatic heterocycles. The average molecular weight is 320 g/mol. The second-order valence-electron chi connectivity index (χ2n) is 5.21. The highest BCUT2D eigenvalue weighted by atomic mass is 32.1. The lowest BCUT2D eigenvalue weighted by atomic mass is 9.94. The maximum Gasteiger partial charge on any atom is 0.573 e. The molecule has 1 aromatic rings. The lowest BCUT2D eigenvalue weighted by molar-refractivity contribution is -0.274. The van der Waals surface area contributed by atoms with Crippen molar-refractivity contribution in [2.24, 2.45) is 5.73 Å². The van der Waals surface area contributed by atoms with Gasteiger partial charge in [-0.2, -0.15) is 4.90 Å². The molecule has 0 saturated heterocycles. The molecular weight excluding hydrogens is 303 g/mol. The average Bonchev–Trinajstić information content (AvgIpc) is 2.35. The quantitative estimate of drug-likeness (QED) is 0.865. The molecule has 7 heteroatoms. The van der Waals surface area contributed by atoms with Gasteiger partial charge in [-0.3, -0.25) is 0 Å². The van der Waals surface area contributed by atoms with Gasteiger partial charge >= 0.3 is 6.36 Å². The SMILES string of the molecule is NC1CCC(OCc2cc([S-])cc(OC(F)(F)F)c2)CC1. The van der Waals surface area contributed by atoms with E-state index in [1.54, 1.807) is 6.07 Å². The lowest BCUT2D eigenvalue weighted by Crippen LogP contribution is -2.30. The summed E-state index contributed by atoms with van der Waals surface area (Å²) in [5, 5.41) is 0. The van der Waals surface area contributed by atoms with E-state index in [-0.39, 0.29) is 24.5 Å². The Balaban J connectivity index is 1.93. The van der Waals surface area contributed by atoms with E-state index in [0.717, 1.165) is 25.7 Å². The van der Waals surface area contributed by atoms with Gasteiger partial charge in [0.1, 0.15) is 5.75 Å². The predicted molar refractivity (Wildman–Crippen MR) is 73.8 cm³/mol. The summed E-state index contributed by atoms with van der Waals surface area (Å²) in [5.41, 5.74) is 6.39. The molecule has 1 aliphatic carbocycles. The molecule has 0 radical (unpaired) electrons. The van der Waals surface area contributed by atoms with Gasteiger partial charge in [0.05, 0.1) is 12.7 Å². The van der Waals surface area contributed by atoms with E-state index in [1.165, 1.54) is 12.1 Å². The zero-order valence-electron chi connectivity index (χ0n) is 11.4. The van der Waals surface area contributed by atoms with E-state index in [9.17, 15) is 13.2 Å². The number of hydrogen-bond donors (Lipinski definition) is 1. The van der Waals surface area contributed by atoms with Crippen LogP contribution in [0.1, 0.15) is 31.2 Å². The van der Waals surface area contributed by atoms with Crippen molar-refractivity contribution in [3.05, 3.63) is 23.8 Å². The Morgan fingerprint density at radius 2 is 1.81 bits per heavy atom. The monoisotopic (exact) mass is 320 g/mol. The fraction of sp³-hybridized carbons (Fsp3) is 0.571. The van der Waals surface area contributed by atoms with E-state index in [0.29, 0.717) is 10.5 Å². The Kier molecular flexibility index (Phi) is 5.29. The fourth-order valence-corrected chi connectivity index (χ4v) is 2.64. The molecule has 0 unspecified atom stereocenters. The number of halogens is 3. The normalized spacial score (nSPS) is 23.0. The van der Waals surface area contributed by atoms with E-state index in [4.69, 9.17) is 23.1 Å². The molecule has 2 rings (SSSR count). The minimum absolute atomic E-state index is 0.102. The minimum atomic E-state index is -4.72. The maximum absolute atomic E-state index is 12.2. The molecule has 0 atom stereocenters. The molecule has 0 spiro atoms. The number of hydrogen-bond acceptors (Lipinski definition) is 4. The second-order valence-corrected chi connectivity index (χ2v) is 5.68. The molecule has 2 N–H and O–H groups in total. The van der Waals surface area contributed by atoms with Crippen LogP contribution >= 0.6 is 0 Å². The molecule has 0 aliphatic heterocycles. The first-order valence-electron chi connectivity index (χ1n) is 6.76. The van der Waals surface area contributed by atoms with Gasteiger partial charge in [0.2, 0.25) is 0 Å². The van der Waals surface area contributed by atoms with Crippen LogP contribution in [0.2, 0.25) is 0 Å². The van der Waals surface area contributed by atoms with Gasteiger partial charge in [0.15, 0.2) is 0 Å². The van der Waals surface area contributed by atoms with Gasteiger partial charge in [-0.15, -0.1) is 13.2 Å². The van der Waals surface area contributed by atoms with Crippen molar-refractivity contribution in [2.45, 2.75) is 55.7 Å². The summed E-state index contributed by atoms with van der Waals surface area (Å²) in [6, 6.07) is 4.32. The number of nitrogens with two attached hydrogens (primary N) is 1. The smallest absolute Gasteiger partial charge is 0.573 e. The van der Waals surface area contributed by atoms with E-state index in [2.05, 4.69) is 4.74 Å². The van der Waals surface area contributed by atoms with Crippen molar-refractivity contribution in [1.82, 2.24) is 0 Å². The van der Waals surface area contributed by atoms with Gasteiger partial charge in [-0.05, 0) is 43.4 Å². The number of rotatable bonds is 4. The van der Waals surface area contributed by atoms with Crippen molar-refractivity contribution < 1.29 is 22.6 Å². The topological polar surface area (TPSA) is 44.5 Å². The molecule has 1 aromatic carbocycles. The van der Waals surface area contributed by atoms with Crippen molar-refractivity contribution in [3.63, 3.8) is 0 Å². The Bertz CT molecular complexity index is 474. The molecule has 118 valence electrons. The summed E-state index contributed by atoms with van der Waals surface area (Å²) < 4.78 is 46.3. The Morgan fingerprint density at radius 3 is 2.43 bits per heavy atom. The first kappa shape index (κ1) is 16.3. The third-order valence-corrected chi connectivity index (χ3v) is 3.61. The van der Waals surface area contributed by atoms with Crippen LogP contribution in [0.25, 0.3) is 0 Å². The highest BCUT2D eigenvalue weighted by Gasteiger charge is 2.31. The standard InChI is InChI=1S/C14H18F3NO2S/c15-14(16,17)20-12-5-9(6-13(21)7-12)8-19-11-3-1-10(18)2-4-11/h5-7,10-11,21H,1-4,8,18H2/p-1. The van der Waals surface area contributed by atoms with Crippen LogP contribution in [-0.2, 0) is 24.0 Å². The largest absolute Gasteiger partial charge is 0.780 e. The third kappa shape index (κ3) is 5.68. The highest BCUT2D eigenvalue weighted by Crippen LogP contribution is 2.26. The summed E-state index contributed by atoms with van der Waals surface area (Å²) in [6.45, 7) is 0.221. The Labute approximate surface area is 127 Å². The molecule has 0 heterocycles. The molecule has 1 saturated carbocycles. The third-order valence-electron chi connectivity index (χ3n) is 3.38. The number of alkyl halides is 3. The number of benzene rings is 1. The minimum Gasteiger partial charge on any atom is -0.780 e. The zero-order chi connectivity index (χ0) is 15.5. The van der Waals surface area contributed by atoms with Gasteiger partial charge in [0, 0.05) is 6.04 Å². The van der Waals surface area contributed by atoms with Crippen LogP contribution in [-0.4, -0.2) is 18.5 Å². The van der Waals surface area contributed by atoms with E-state index in [1.807, 2.05) is 0 Å². The highest BCUT2D eigenvalue weighted by molar-refractivity contribution is 7.58. The predicted octanol–water partition coefficient (Wildman–Crippen LogP) is 3.28. The summed E-state index contributed by atoms with van der Waals surface area (Å²) in [5.74, 6) is -0.306. The van der Waals surface area contributed by atoms with Gasteiger partial charge in [-0.1, -0.05) is 6.07 Å². The molecule has 1 aliphatic rings. The first-order valence-corrected chi connectivity index (χ1v) is 7.16. The first-order chi connectivity index (χ1) is 9.82. The Hall–Kier alpha value is -1.05. The molecule has 0 amide bonds. The van der Waals surface area contributed by atoms with Crippen LogP contribution in [0.3, 0.4) is 0 Å². The van der Waals surface area contributed by atoms with Gasteiger partial charge < -0.3 is 27.8 Å². The summed E-state index contributed by atoms with van der Waals surface area (Å²) in [6.07, 6.45) is -1.05. The van der Waals surface area contributed by atoms with Crippen LogP contribution in [0.15, 0.2) is 23.1 Å². The van der Waals surface area contributed by atoms with Crippen LogP contribution in [0.5, 0.6) is 5.75 Å². The van der Waals surface area contributed by atoms with Crippen LogP contribution in [0, 0.1) is 0 Å². The van der Waals surface area contributed by atoms with Gasteiger partial charge in [-0.25, -0.2) is 0 Å². The summed E-state index contributed by atoms with van der Waals surface area (Å²) in [7, 11) is 0. The zero-order valence-corrected chi connectivity index (χ0v) is 12.2. The van der Waals surface area contributed by atoms with E-state index < -0.39 is 6.36 Å². The second kappa shape index (κ2) is 6.81. The summed E-state index contributed by atoms with van der Waals surface area (Å²) >= 11 is 4.94. The summed E-state index contributed by atoms with van der Waals surface area (Å²) in [4.78, 5) is 0.293. The van der Waals surface area contributed by atoms with Crippen molar-refractivity contribution >= 4 is 12.6 Å². The number of ether oxygens (including phenoxy) is 2. The molecule has 3 nitrogen and oxygen atoms in total. The van der Waals surface area contributed by atoms with Crippen molar-refractivity contribution in [3.8, 4) is 5.75 Å². The van der Waals surface area contributed by atoms with Crippen molar-refractivity contribution in [2.75, 3.05) is 0 Å². The Morgan fingerprint density at radius 1 is 1.14 bits per heavy atom. The molecule has 1 fully saturated rings. The molecule has 21 heavy (non-hydrogen) atoms. The lowest BCUT2D eigenvalue weighted by Gasteiger charge is -2.26. The van der Waals surface area contributed by atoms with Crippen LogP contribution < -0.4 is 10.5 Å². The molecular formula is C14H17F3NO2S-. The van der Waals surface area contributed by atoms with E-state index >= 15 is 0 Å². The van der Waals surface area contributed by atoms with Crippen LogP contribution in [0.4, 0.5) is 13.2 Å². The van der Waals surface area contributed by atoms with Gasteiger partial charge in [0.25, 0.3) is 0 Å².